The third kappa shape index (κ3) is 5.14. The van der Waals surface area contributed by atoms with Gasteiger partial charge in [0.25, 0.3) is 0 Å². The van der Waals surface area contributed by atoms with E-state index in [2.05, 4.69) is 30.4 Å². The zero-order valence-electron chi connectivity index (χ0n) is 14.2. The molecule has 0 radical (unpaired) electrons. The minimum absolute atomic E-state index is 0.0145. The number of hydrogen-bond acceptors (Lipinski definition) is 4. The van der Waals surface area contributed by atoms with Crippen LogP contribution in [0.15, 0.2) is 42.5 Å². The summed E-state index contributed by atoms with van der Waals surface area (Å²) in [6.07, 6.45) is 6.01. The van der Waals surface area contributed by atoms with E-state index in [0.29, 0.717) is 12.8 Å². The van der Waals surface area contributed by atoms with E-state index < -0.39 is 6.10 Å². The Balaban J connectivity index is 1.59. The molecule has 1 aromatic rings. The summed E-state index contributed by atoms with van der Waals surface area (Å²) in [5, 5.41) is 10.3. The molecular formula is C18H25BO4P2. The third-order valence-electron chi connectivity index (χ3n) is 5.01. The maximum Gasteiger partial charge on any atom is 0.336 e. The molecule has 0 aromatic heterocycles. The number of fused-ring (bicyclic) bond motifs is 1. The number of rotatable bonds is 7. The van der Waals surface area contributed by atoms with Gasteiger partial charge in [-0.2, -0.15) is 0 Å². The molecule has 7 atom stereocenters. The Hall–Kier alpha value is -0.725. The minimum atomic E-state index is -0.499. The largest absolute Gasteiger partial charge is 0.462 e. The van der Waals surface area contributed by atoms with Crippen LogP contribution in [-0.2, 0) is 20.6 Å². The number of benzene rings is 1. The van der Waals surface area contributed by atoms with Crippen molar-refractivity contribution in [2.24, 2.45) is 11.8 Å². The van der Waals surface area contributed by atoms with Gasteiger partial charge in [0.2, 0.25) is 0 Å². The molecule has 1 heterocycles. The Labute approximate surface area is 154 Å². The lowest BCUT2D eigenvalue weighted by Gasteiger charge is -2.22. The summed E-state index contributed by atoms with van der Waals surface area (Å²) in [4.78, 5) is 11.6. The van der Waals surface area contributed by atoms with Crippen LogP contribution in [0.1, 0.15) is 24.8 Å². The lowest BCUT2D eigenvalue weighted by Crippen LogP contribution is -2.24. The Morgan fingerprint density at radius 1 is 1.36 bits per heavy atom. The Morgan fingerprint density at radius 2 is 2.12 bits per heavy atom. The van der Waals surface area contributed by atoms with Crippen LogP contribution in [-0.4, -0.2) is 35.7 Å². The lowest BCUT2D eigenvalue weighted by molar-refractivity contribution is -0.141. The van der Waals surface area contributed by atoms with Crippen molar-refractivity contribution >= 4 is 30.6 Å². The van der Waals surface area contributed by atoms with E-state index in [9.17, 15) is 9.90 Å². The van der Waals surface area contributed by atoms with Gasteiger partial charge in [-0.25, -0.2) is 0 Å². The molecule has 0 amide bonds. The fourth-order valence-electron chi connectivity index (χ4n) is 3.82. The molecule has 1 saturated heterocycles. The van der Waals surface area contributed by atoms with Crippen LogP contribution in [0.25, 0.3) is 0 Å². The molecule has 2 aliphatic rings. The van der Waals surface area contributed by atoms with Crippen LogP contribution in [0.2, 0.25) is 0 Å². The average Bonchev–Trinajstić information content (AvgIpc) is 3.07. The van der Waals surface area contributed by atoms with Crippen LogP contribution in [0, 0.1) is 11.8 Å². The van der Waals surface area contributed by atoms with Crippen molar-refractivity contribution in [1.29, 1.82) is 0 Å². The van der Waals surface area contributed by atoms with Crippen LogP contribution in [0.5, 0.6) is 0 Å². The predicted molar refractivity (Wildman–Crippen MR) is 106 cm³/mol. The predicted octanol–water partition coefficient (Wildman–Crippen LogP) is 2.61. The third-order valence-corrected chi connectivity index (χ3v) is 5.32. The molecule has 1 N–H and O–H groups in total. The summed E-state index contributed by atoms with van der Waals surface area (Å²) >= 11 is 0. The summed E-state index contributed by atoms with van der Waals surface area (Å²) in [6, 6.07) is 10.2. The second-order valence-electron chi connectivity index (χ2n) is 6.83. The first-order valence-electron chi connectivity index (χ1n) is 8.79. The highest BCUT2D eigenvalue weighted by Gasteiger charge is 2.49. The second-order valence-corrected chi connectivity index (χ2v) is 8.91. The number of aryl methyl sites for hydroxylation is 1. The number of carbonyl (C=O) groups is 1. The zero-order valence-corrected chi connectivity index (χ0v) is 16.5. The highest BCUT2D eigenvalue weighted by molar-refractivity contribution is 7.92. The lowest BCUT2D eigenvalue weighted by atomic mass is 9.91. The first-order chi connectivity index (χ1) is 12.0. The van der Waals surface area contributed by atoms with E-state index in [1.165, 1.54) is 5.56 Å². The molecule has 0 spiro atoms. The maximum absolute atomic E-state index is 11.6. The van der Waals surface area contributed by atoms with Gasteiger partial charge in [-0.05, 0) is 18.4 Å². The van der Waals surface area contributed by atoms with Gasteiger partial charge in [0.15, 0.2) is 0 Å². The van der Waals surface area contributed by atoms with Crippen LogP contribution in [0.3, 0.4) is 0 Å². The molecule has 1 aromatic carbocycles. The number of carbonyl (C=O) groups excluding carboxylic acids is 1. The van der Waals surface area contributed by atoms with Crippen LogP contribution >= 0.6 is 18.2 Å². The van der Waals surface area contributed by atoms with Crippen molar-refractivity contribution in [3.8, 4) is 0 Å². The molecule has 1 saturated carbocycles. The molecule has 7 unspecified atom stereocenters. The molecule has 3 rings (SSSR count). The van der Waals surface area contributed by atoms with Crippen molar-refractivity contribution in [1.82, 2.24) is 0 Å². The van der Waals surface area contributed by atoms with E-state index in [1.54, 1.807) is 0 Å². The summed E-state index contributed by atoms with van der Waals surface area (Å²) in [6.45, 7) is 0. The highest BCUT2D eigenvalue weighted by atomic mass is 31.1. The normalized spacial score (nSPS) is 29.6. The van der Waals surface area contributed by atoms with Gasteiger partial charge in [0.05, 0.1) is 18.6 Å². The first kappa shape index (κ1) is 19.0. The van der Waals surface area contributed by atoms with E-state index in [1.807, 2.05) is 30.4 Å². The number of hydrogen-bond donors (Lipinski definition) is 1. The zero-order chi connectivity index (χ0) is 17.8. The van der Waals surface area contributed by atoms with Gasteiger partial charge in [0, 0.05) is 18.3 Å². The van der Waals surface area contributed by atoms with Gasteiger partial charge in [0.1, 0.15) is 6.10 Å². The summed E-state index contributed by atoms with van der Waals surface area (Å²) in [7, 11) is 5.22. The molecule has 7 heteroatoms. The van der Waals surface area contributed by atoms with Crippen LogP contribution in [0.4, 0.5) is 0 Å². The second kappa shape index (κ2) is 8.78. The number of esters is 1. The van der Waals surface area contributed by atoms with E-state index >= 15 is 0 Å². The Kier molecular flexibility index (Phi) is 6.69. The number of aliphatic hydroxyl groups excluding tert-OH is 1. The summed E-state index contributed by atoms with van der Waals surface area (Å²) in [5.41, 5.74) is 1.22. The van der Waals surface area contributed by atoms with E-state index in [4.69, 9.17) is 9.39 Å². The van der Waals surface area contributed by atoms with Gasteiger partial charge in [-0.1, -0.05) is 42.5 Å². The van der Waals surface area contributed by atoms with Crippen molar-refractivity contribution in [3.63, 3.8) is 0 Å². The highest BCUT2D eigenvalue weighted by Crippen LogP contribution is 2.44. The van der Waals surface area contributed by atoms with Crippen molar-refractivity contribution in [2.75, 3.05) is 0 Å². The van der Waals surface area contributed by atoms with Crippen molar-refractivity contribution in [2.45, 2.75) is 44.0 Å². The molecule has 0 bridgehead atoms. The monoisotopic (exact) mass is 378 g/mol. The number of aliphatic hydroxyl groups is 1. The molecular weight excluding hydrogens is 353 g/mol. The standard InChI is InChI=1S/C18H25BO4P2/c20-13(7-6-12-4-2-1-3-5-12)8-9-14-15-10-18(21)22-16(15)11-17(14)23-19(24)25/h1-5,8-9,13-17,20H,6-7,10-11,24-25H2/b9-8+. The SMILES string of the molecule is O=C1CC2C(CC(OB(P)P)C2/C=C/C(O)CCc2ccccc2)O1. The maximum atomic E-state index is 11.6. The first-order valence-corrected chi connectivity index (χ1v) is 10.1. The van der Waals surface area contributed by atoms with Gasteiger partial charge >= 0.3 is 12.3 Å². The van der Waals surface area contributed by atoms with Crippen LogP contribution < -0.4 is 0 Å². The number of ether oxygens (including phenoxy) is 1. The minimum Gasteiger partial charge on any atom is -0.462 e. The Morgan fingerprint density at radius 3 is 2.84 bits per heavy atom. The van der Waals surface area contributed by atoms with Gasteiger partial charge < -0.3 is 14.5 Å². The summed E-state index contributed by atoms with van der Waals surface area (Å²) < 4.78 is 11.4. The van der Waals surface area contributed by atoms with Gasteiger partial charge in [-0.15, -0.1) is 18.2 Å². The quantitative estimate of drug-likeness (QED) is 0.343. The topological polar surface area (TPSA) is 55.8 Å². The fraction of sp³-hybridized carbons (Fsp3) is 0.500. The summed E-state index contributed by atoms with van der Waals surface area (Å²) in [5.74, 6) is 0.139. The molecule has 4 nitrogen and oxygen atoms in total. The molecule has 1 aliphatic carbocycles. The fourth-order valence-corrected chi connectivity index (χ4v) is 4.23. The molecule has 2 fully saturated rings. The smallest absolute Gasteiger partial charge is 0.336 e. The van der Waals surface area contributed by atoms with E-state index in [0.717, 1.165) is 12.8 Å². The Bertz CT molecular complexity index is 610. The van der Waals surface area contributed by atoms with Crippen molar-refractivity contribution in [3.05, 3.63) is 48.0 Å². The van der Waals surface area contributed by atoms with Gasteiger partial charge in [-0.3, -0.25) is 4.79 Å². The molecule has 25 heavy (non-hydrogen) atoms. The molecule has 134 valence electrons. The average molecular weight is 378 g/mol. The molecule has 1 aliphatic heterocycles. The van der Waals surface area contributed by atoms with E-state index in [-0.39, 0.29) is 36.4 Å². The van der Waals surface area contributed by atoms with Crippen molar-refractivity contribution < 1.29 is 19.3 Å².